The maximum absolute atomic E-state index is 5.51. The number of rotatable bonds is 8. The molecule has 5 rings (SSSR count). The molecule has 0 aliphatic carbocycles. The van der Waals surface area contributed by atoms with Gasteiger partial charge in [0.25, 0.3) is 0 Å². The predicted octanol–water partition coefficient (Wildman–Crippen LogP) is 3.21. The third kappa shape index (κ3) is 8.02. The summed E-state index contributed by atoms with van der Waals surface area (Å²) in [6, 6.07) is 31.4. The van der Waals surface area contributed by atoms with E-state index in [1.165, 1.54) is 0 Å². The topological polar surface area (TPSA) is 133 Å². The summed E-state index contributed by atoms with van der Waals surface area (Å²) < 4.78 is 22.0. The maximum atomic E-state index is 5.51. The Hall–Kier alpha value is -4.24. The maximum Gasteiger partial charge on any atom is 0.119 e. The van der Waals surface area contributed by atoms with Gasteiger partial charge in [0.1, 0.15) is 47.7 Å². The summed E-state index contributed by atoms with van der Waals surface area (Å²) in [4.78, 5) is 0. The minimum absolute atomic E-state index is 0.400. The Morgan fingerprint density at radius 2 is 0.545 bits per heavy atom. The molecular weight excluding hydrogens is 560 g/mol. The second kappa shape index (κ2) is 15.5. The van der Waals surface area contributed by atoms with Gasteiger partial charge in [-0.3, -0.25) is 0 Å². The van der Waals surface area contributed by atoms with E-state index in [0.29, 0.717) is 0 Å². The molecule has 0 unspecified atom stereocenters. The van der Waals surface area contributed by atoms with Gasteiger partial charge in [0.15, 0.2) is 0 Å². The molecule has 0 atom stereocenters. The molecule has 8 N–H and O–H groups in total. The molecule has 1 aliphatic rings. The lowest BCUT2D eigenvalue weighted by atomic mass is 10.1. The van der Waals surface area contributed by atoms with E-state index in [9.17, 15) is 0 Å². The molecule has 0 radical (unpaired) electrons. The van der Waals surface area contributed by atoms with Crippen LogP contribution in [0.3, 0.4) is 0 Å². The van der Waals surface area contributed by atoms with Crippen LogP contribution in [0.1, 0.15) is 46.9 Å². The molecule has 0 spiro atoms. The van der Waals surface area contributed by atoms with Crippen LogP contribution < -0.4 is 62.4 Å². The van der Waals surface area contributed by atoms with Gasteiger partial charge in [0.2, 0.25) is 0 Å². The molecular formula is C32H40N8O4. The van der Waals surface area contributed by atoms with Crippen LogP contribution in [0.5, 0.6) is 23.0 Å². The van der Waals surface area contributed by atoms with Crippen LogP contribution in [-0.2, 0) is 0 Å². The number of methoxy groups -OCH3 is 4. The average Bonchev–Trinajstić information content (AvgIpc) is 3.08. The van der Waals surface area contributed by atoms with Crippen molar-refractivity contribution in [1.82, 2.24) is 43.4 Å². The van der Waals surface area contributed by atoms with Crippen molar-refractivity contribution >= 4 is 0 Å². The molecule has 0 bridgehead atoms. The summed E-state index contributed by atoms with van der Waals surface area (Å²) in [5.74, 6) is 2.97. The van der Waals surface area contributed by atoms with E-state index in [2.05, 4.69) is 43.4 Å². The first-order valence-corrected chi connectivity index (χ1v) is 14.2. The zero-order valence-electron chi connectivity index (χ0n) is 25.2. The Morgan fingerprint density at radius 1 is 0.341 bits per heavy atom. The highest BCUT2D eigenvalue weighted by atomic mass is 16.5. The minimum atomic E-state index is -0.400. The van der Waals surface area contributed by atoms with Gasteiger partial charge >= 0.3 is 0 Å². The molecule has 12 heteroatoms. The predicted molar refractivity (Wildman–Crippen MR) is 168 cm³/mol. The van der Waals surface area contributed by atoms with E-state index in [4.69, 9.17) is 18.9 Å². The Labute approximate surface area is 257 Å². The average molecular weight is 601 g/mol. The highest BCUT2D eigenvalue weighted by Gasteiger charge is 2.23. The van der Waals surface area contributed by atoms with Gasteiger partial charge in [-0.25, -0.2) is 43.4 Å². The Bertz CT molecular complexity index is 1250. The second-order valence-corrected chi connectivity index (χ2v) is 9.99. The second-order valence-electron chi connectivity index (χ2n) is 9.99. The normalized spacial score (nSPS) is 21.4. The van der Waals surface area contributed by atoms with Crippen LogP contribution >= 0.6 is 0 Å². The van der Waals surface area contributed by atoms with Crippen molar-refractivity contribution < 1.29 is 18.9 Å². The van der Waals surface area contributed by atoms with Crippen LogP contribution in [0, 0.1) is 0 Å². The molecule has 0 aromatic heterocycles. The standard InChI is InChI=1S/C32H40N8O4/c1-41-25-13-5-9-21(17-25)29-33-35-30(22-10-6-14-26(18-22)42-2)37-39-32(24-12-8-16-28(20-24)44-4)40-38-31(36-34-29)23-11-7-15-27(19-23)43-3/h5-20,29-40H,1-4H3. The van der Waals surface area contributed by atoms with Crippen molar-refractivity contribution in [2.75, 3.05) is 28.4 Å². The van der Waals surface area contributed by atoms with Crippen molar-refractivity contribution in [2.45, 2.75) is 24.7 Å². The summed E-state index contributed by atoms with van der Waals surface area (Å²) in [7, 11) is 6.61. The molecule has 4 aromatic carbocycles. The first-order valence-electron chi connectivity index (χ1n) is 14.2. The number of nitrogens with one attached hydrogen (secondary N) is 8. The van der Waals surface area contributed by atoms with E-state index in [-0.39, 0.29) is 0 Å². The largest absolute Gasteiger partial charge is 0.497 e. The molecule has 1 heterocycles. The van der Waals surface area contributed by atoms with Crippen molar-refractivity contribution in [3.8, 4) is 23.0 Å². The van der Waals surface area contributed by atoms with Crippen molar-refractivity contribution in [1.29, 1.82) is 0 Å². The quantitative estimate of drug-likeness (QED) is 0.151. The van der Waals surface area contributed by atoms with Crippen molar-refractivity contribution in [2.24, 2.45) is 0 Å². The van der Waals surface area contributed by atoms with Crippen LogP contribution in [0.4, 0.5) is 0 Å². The zero-order valence-corrected chi connectivity index (χ0v) is 25.2. The summed E-state index contributed by atoms with van der Waals surface area (Å²) in [5.41, 5.74) is 31.3. The van der Waals surface area contributed by atoms with E-state index in [0.717, 1.165) is 45.3 Å². The monoisotopic (exact) mass is 600 g/mol. The fourth-order valence-electron chi connectivity index (χ4n) is 4.76. The van der Waals surface area contributed by atoms with Gasteiger partial charge in [-0.05, 0) is 70.8 Å². The van der Waals surface area contributed by atoms with Crippen molar-refractivity contribution in [3.05, 3.63) is 119 Å². The highest BCUT2D eigenvalue weighted by molar-refractivity contribution is 5.33. The van der Waals surface area contributed by atoms with Crippen LogP contribution in [-0.4, -0.2) is 28.4 Å². The lowest BCUT2D eigenvalue weighted by Gasteiger charge is -2.33. The minimum Gasteiger partial charge on any atom is -0.497 e. The zero-order chi connectivity index (χ0) is 30.7. The lowest BCUT2D eigenvalue weighted by molar-refractivity contribution is 0.193. The summed E-state index contributed by atoms with van der Waals surface area (Å²) in [6.45, 7) is 0. The summed E-state index contributed by atoms with van der Waals surface area (Å²) >= 11 is 0. The van der Waals surface area contributed by atoms with Crippen LogP contribution in [0.25, 0.3) is 0 Å². The number of benzene rings is 4. The molecule has 1 aliphatic heterocycles. The fourth-order valence-corrected chi connectivity index (χ4v) is 4.76. The van der Waals surface area contributed by atoms with Gasteiger partial charge < -0.3 is 18.9 Å². The van der Waals surface area contributed by atoms with E-state index in [1.54, 1.807) is 28.4 Å². The molecule has 232 valence electrons. The molecule has 1 saturated heterocycles. The summed E-state index contributed by atoms with van der Waals surface area (Å²) in [6.07, 6.45) is -1.60. The molecule has 4 aromatic rings. The first kappa shape index (κ1) is 31.2. The molecule has 12 nitrogen and oxygen atoms in total. The molecule has 0 amide bonds. The molecule has 44 heavy (non-hydrogen) atoms. The van der Waals surface area contributed by atoms with E-state index in [1.807, 2.05) is 97.1 Å². The number of hydrazine groups is 4. The number of ether oxygens (including phenoxy) is 4. The van der Waals surface area contributed by atoms with Gasteiger partial charge in [-0.15, -0.1) is 0 Å². The van der Waals surface area contributed by atoms with Gasteiger partial charge in [-0.2, -0.15) is 0 Å². The SMILES string of the molecule is COc1cccc(C2NNC(c3cccc(OC)c3)NNC(c3cccc(OC)c3)NNC(c3cccc(OC)c3)NN2)c1. The van der Waals surface area contributed by atoms with Gasteiger partial charge in [0.05, 0.1) is 28.4 Å². The van der Waals surface area contributed by atoms with Gasteiger partial charge in [0, 0.05) is 0 Å². The van der Waals surface area contributed by atoms with Crippen molar-refractivity contribution in [3.63, 3.8) is 0 Å². The smallest absolute Gasteiger partial charge is 0.119 e. The highest BCUT2D eigenvalue weighted by Crippen LogP contribution is 2.23. The van der Waals surface area contributed by atoms with E-state index < -0.39 is 24.7 Å². The molecule has 1 fully saturated rings. The fraction of sp³-hybridized carbons (Fsp3) is 0.250. The first-order chi connectivity index (χ1) is 21.6. The summed E-state index contributed by atoms with van der Waals surface area (Å²) in [5, 5.41) is 0. The Balaban J connectivity index is 1.50. The number of hydrogen-bond donors (Lipinski definition) is 8. The van der Waals surface area contributed by atoms with Crippen LogP contribution in [0.2, 0.25) is 0 Å². The third-order valence-corrected chi connectivity index (χ3v) is 7.20. The number of hydrogen-bond acceptors (Lipinski definition) is 12. The Kier molecular flexibility index (Phi) is 11.0. The van der Waals surface area contributed by atoms with Gasteiger partial charge in [-0.1, -0.05) is 48.5 Å². The molecule has 0 saturated carbocycles. The van der Waals surface area contributed by atoms with Crippen LogP contribution in [0.15, 0.2) is 97.1 Å². The van der Waals surface area contributed by atoms with E-state index >= 15 is 0 Å². The lowest BCUT2D eigenvalue weighted by Crippen LogP contribution is -2.59. The Morgan fingerprint density at radius 3 is 0.727 bits per heavy atom. The third-order valence-electron chi connectivity index (χ3n) is 7.20.